The van der Waals surface area contributed by atoms with Crippen molar-refractivity contribution in [2.75, 3.05) is 5.73 Å². The molecule has 0 amide bonds. The molecule has 0 aliphatic heterocycles. The maximum absolute atomic E-state index is 5.93. The summed E-state index contributed by atoms with van der Waals surface area (Å²) in [5.41, 5.74) is 8.52. The van der Waals surface area contributed by atoms with E-state index in [1.54, 1.807) is 17.8 Å². The third-order valence-electron chi connectivity index (χ3n) is 2.96. The number of nitrogens with two attached hydrogens (primary N) is 1. The predicted molar refractivity (Wildman–Crippen MR) is 87.4 cm³/mol. The first-order chi connectivity index (χ1) is 10.2. The van der Waals surface area contributed by atoms with E-state index in [4.69, 9.17) is 21.9 Å². The minimum atomic E-state index is 0.643. The third-order valence-corrected chi connectivity index (χ3v) is 4.32. The molecule has 0 bridgehead atoms. The molecule has 2 aromatic carbocycles. The molecule has 1 aromatic heterocycles. The van der Waals surface area contributed by atoms with Crippen LogP contribution in [0.4, 0.5) is 5.69 Å². The second-order valence-electron chi connectivity index (χ2n) is 4.52. The van der Waals surface area contributed by atoms with Crippen molar-refractivity contribution in [3.05, 3.63) is 65.3 Å². The molecular formula is C16H13ClN2OS. The molecule has 0 unspecified atom stereocenters. The minimum absolute atomic E-state index is 0.643. The van der Waals surface area contributed by atoms with Crippen LogP contribution in [0, 0.1) is 0 Å². The Hall–Kier alpha value is -1.91. The van der Waals surface area contributed by atoms with E-state index < -0.39 is 0 Å². The topological polar surface area (TPSA) is 52.0 Å². The van der Waals surface area contributed by atoms with Crippen LogP contribution < -0.4 is 5.73 Å². The largest absolute Gasteiger partial charge is 0.398 e. The first-order valence-electron chi connectivity index (χ1n) is 6.41. The molecule has 21 heavy (non-hydrogen) atoms. The van der Waals surface area contributed by atoms with Gasteiger partial charge in [-0.2, -0.15) is 0 Å². The number of aromatic nitrogens is 1. The summed E-state index contributed by atoms with van der Waals surface area (Å²) >= 11 is 7.50. The lowest BCUT2D eigenvalue weighted by Crippen LogP contribution is -1.89. The summed E-state index contributed by atoms with van der Waals surface area (Å²) in [6, 6.07) is 17.4. The molecule has 5 heteroatoms. The standard InChI is InChI=1S/C16H13ClN2OS/c17-12-6-7-16(14(18)8-12)21-10-13-9-15(20-19-13)11-4-2-1-3-5-11/h1-9H,10,18H2. The summed E-state index contributed by atoms with van der Waals surface area (Å²) in [5.74, 6) is 1.47. The molecule has 3 rings (SSSR count). The van der Waals surface area contributed by atoms with Crippen LogP contribution in [0.2, 0.25) is 5.02 Å². The highest BCUT2D eigenvalue weighted by molar-refractivity contribution is 7.98. The molecule has 3 aromatic rings. The maximum Gasteiger partial charge on any atom is 0.167 e. The van der Waals surface area contributed by atoms with E-state index in [1.807, 2.05) is 48.5 Å². The molecule has 106 valence electrons. The van der Waals surface area contributed by atoms with Gasteiger partial charge in [-0.15, -0.1) is 11.8 Å². The second-order valence-corrected chi connectivity index (χ2v) is 5.97. The lowest BCUT2D eigenvalue weighted by atomic mass is 10.2. The highest BCUT2D eigenvalue weighted by Gasteiger charge is 2.08. The fourth-order valence-corrected chi connectivity index (χ4v) is 2.93. The Morgan fingerprint density at radius 1 is 1.10 bits per heavy atom. The van der Waals surface area contributed by atoms with Crippen molar-refractivity contribution in [1.82, 2.24) is 5.16 Å². The Bertz CT molecular complexity index is 743. The van der Waals surface area contributed by atoms with E-state index in [2.05, 4.69) is 5.16 Å². The fourth-order valence-electron chi connectivity index (χ4n) is 1.92. The van der Waals surface area contributed by atoms with Crippen molar-refractivity contribution in [2.24, 2.45) is 0 Å². The van der Waals surface area contributed by atoms with Gasteiger partial charge in [-0.3, -0.25) is 0 Å². The van der Waals surface area contributed by atoms with Gasteiger partial charge in [0, 0.05) is 33.0 Å². The van der Waals surface area contributed by atoms with E-state index in [1.165, 1.54) is 0 Å². The second kappa shape index (κ2) is 6.24. The van der Waals surface area contributed by atoms with Gasteiger partial charge >= 0.3 is 0 Å². The summed E-state index contributed by atoms with van der Waals surface area (Å²) in [4.78, 5) is 0.990. The number of thioether (sulfide) groups is 1. The van der Waals surface area contributed by atoms with Gasteiger partial charge in [-0.1, -0.05) is 47.1 Å². The molecule has 0 aliphatic carbocycles. The molecule has 0 fully saturated rings. The van der Waals surface area contributed by atoms with E-state index in [9.17, 15) is 0 Å². The first-order valence-corrected chi connectivity index (χ1v) is 7.77. The highest BCUT2D eigenvalue weighted by atomic mass is 35.5. The van der Waals surface area contributed by atoms with Gasteiger partial charge in [0.2, 0.25) is 0 Å². The van der Waals surface area contributed by atoms with E-state index >= 15 is 0 Å². The minimum Gasteiger partial charge on any atom is -0.398 e. The Morgan fingerprint density at radius 3 is 2.67 bits per heavy atom. The lowest BCUT2D eigenvalue weighted by Gasteiger charge is -2.03. The average Bonchev–Trinajstić information content (AvgIpc) is 2.96. The number of halogens is 1. The number of benzene rings is 2. The summed E-state index contributed by atoms with van der Waals surface area (Å²) < 4.78 is 5.37. The molecule has 0 atom stereocenters. The quantitative estimate of drug-likeness (QED) is 0.551. The molecule has 0 aliphatic rings. The number of hydrogen-bond donors (Lipinski definition) is 1. The molecule has 3 nitrogen and oxygen atoms in total. The van der Waals surface area contributed by atoms with Crippen molar-refractivity contribution in [1.29, 1.82) is 0 Å². The molecule has 0 saturated carbocycles. The number of nitrogen functional groups attached to an aromatic ring is 1. The van der Waals surface area contributed by atoms with Gasteiger partial charge in [-0.05, 0) is 18.2 Å². The molecule has 0 saturated heterocycles. The summed E-state index contributed by atoms with van der Waals surface area (Å²) in [7, 11) is 0. The number of hydrogen-bond acceptors (Lipinski definition) is 4. The number of nitrogens with zero attached hydrogens (tertiary/aromatic N) is 1. The summed E-state index contributed by atoms with van der Waals surface area (Å²) in [5, 5.41) is 4.74. The highest BCUT2D eigenvalue weighted by Crippen LogP contribution is 2.31. The van der Waals surface area contributed by atoms with Crippen LogP contribution in [0.5, 0.6) is 0 Å². The molecular weight excluding hydrogens is 304 g/mol. The molecule has 0 spiro atoms. The van der Waals surface area contributed by atoms with Crippen LogP contribution in [0.1, 0.15) is 5.69 Å². The monoisotopic (exact) mass is 316 g/mol. The van der Waals surface area contributed by atoms with E-state index in [-0.39, 0.29) is 0 Å². The fraction of sp³-hybridized carbons (Fsp3) is 0.0625. The van der Waals surface area contributed by atoms with Gasteiger partial charge in [0.15, 0.2) is 5.76 Å². The molecule has 0 radical (unpaired) electrons. The van der Waals surface area contributed by atoms with Crippen molar-refractivity contribution >= 4 is 29.1 Å². The van der Waals surface area contributed by atoms with Crippen molar-refractivity contribution in [3.8, 4) is 11.3 Å². The van der Waals surface area contributed by atoms with Gasteiger partial charge in [-0.25, -0.2) is 0 Å². The Kier molecular flexibility index (Phi) is 4.18. The van der Waals surface area contributed by atoms with Crippen molar-refractivity contribution in [3.63, 3.8) is 0 Å². The van der Waals surface area contributed by atoms with Crippen LogP contribution in [-0.2, 0) is 5.75 Å². The van der Waals surface area contributed by atoms with Crippen LogP contribution in [0.15, 0.2) is 64.0 Å². The summed E-state index contributed by atoms with van der Waals surface area (Å²) in [6.45, 7) is 0. The Labute approximate surface area is 132 Å². The molecule has 2 N–H and O–H groups in total. The maximum atomic E-state index is 5.93. The van der Waals surface area contributed by atoms with E-state index in [0.29, 0.717) is 16.5 Å². The SMILES string of the molecule is Nc1cc(Cl)ccc1SCc1cc(-c2ccccc2)on1. The zero-order valence-corrected chi connectivity index (χ0v) is 12.7. The Morgan fingerprint density at radius 2 is 1.90 bits per heavy atom. The smallest absolute Gasteiger partial charge is 0.167 e. The normalized spacial score (nSPS) is 10.7. The number of anilines is 1. The number of rotatable bonds is 4. The van der Waals surface area contributed by atoms with Crippen molar-refractivity contribution < 1.29 is 4.52 Å². The predicted octanol–water partition coefficient (Wildman–Crippen LogP) is 4.87. The van der Waals surface area contributed by atoms with Gasteiger partial charge in [0.1, 0.15) is 0 Å². The Balaban J connectivity index is 1.70. The van der Waals surface area contributed by atoms with Crippen LogP contribution in [-0.4, -0.2) is 5.16 Å². The van der Waals surface area contributed by atoms with Crippen LogP contribution in [0.3, 0.4) is 0 Å². The third kappa shape index (κ3) is 3.40. The van der Waals surface area contributed by atoms with Gasteiger partial charge < -0.3 is 10.3 Å². The van der Waals surface area contributed by atoms with Crippen LogP contribution in [0.25, 0.3) is 11.3 Å². The van der Waals surface area contributed by atoms with Crippen molar-refractivity contribution in [2.45, 2.75) is 10.6 Å². The zero-order chi connectivity index (χ0) is 14.7. The van der Waals surface area contributed by atoms with E-state index in [0.717, 1.165) is 21.9 Å². The van der Waals surface area contributed by atoms with Gasteiger partial charge in [0.05, 0.1) is 5.69 Å². The van der Waals surface area contributed by atoms with Crippen LogP contribution >= 0.6 is 23.4 Å². The molecule has 1 heterocycles. The van der Waals surface area contributed by atoms with Gasteiger partial charge in [0.25, 0.3) is 0 Å². The summed E-state index contributed by atoms with van der Waals surface area (Å²) in [6.07, 6.45) is 0. The average molecular weight is 317 g/mol. The zero-order valence-electron chi connectivity index (χ0n) is 11.1. The first kappa shape index (κ1) is 14.0. The lowest BCUT2D eigenvalue weighted by molar-refractivity contribution is 0.426.